The number of rotatable bonds is 4. The second-order valence-corrected chi connectivity index (χ2v) is 3.49. The average Bonchev–Trinajstić information content (AvgIpc) is 2.24. The molecule has 4 heteroatoms. The van der Waals surface area contributed by atoms with Gasteiger partial charge in [-0.3, -0.25) is 0 Å². The van der Waals surface area contributed by atoms with Gasteiger partial charge in [-0.15, -0.1) is 0 Å². The molecule has 0 saturated heterocycles. The van der Waals surface area contributed by atoms with Gasteiger partial charge in [-0.25, -0.2) is 8.78 Å². The minimum absolute atomic E-state index is 0.117. The maximum absolute atomic E-state index is 13.3. The van der Waals surface area contributed by atoms with Crippen LogP contribution in [-0.4, -0.2) is 13.7 Å². The van der Waals surface area contributed by atoms with Gasteiger partial charge in [0.15, 0.2) is 0 Å². The van der Waals surface area contributed by atoms with Crippen LogP contribution >= 0.6 is 0 Å². The Labute approximate surface area is 93.7 Å². The van der Waals surface area contributed by atoms with Crippen LogP contribution in [0.2, 0.25) is 0 Å². The van der Waals surface area contributed by atoms with E-state index >= 15 is 0 Å². The summed E-state index contributed by atoms with van der Waals surface area (Å²) in [6, 6.07) is 4.65. The van der Waals surface area contributed by atoms with Gasteiger partial charge in [0.25, 0.3) is 5.92 Å². The molecule has 0 spiro atoms. The maximum Gasteiger partial charge on any atom is 0.274 e. The van der Waals surface area contributed by atoms with Crippen molar-refractivity contribution in [2.24, 2.45) is 5.73 Å². The Morgan fingerprint density at radius 3 is 2.62 bits per heavy atom. The van der Waals surface area contributed by atoms with E-state index in [1.807, 2.05) is 0 Å². The van der Waals surface area contributed by atoms with Crippen LogP contribution in [0.5, 0.6) is 5.75 Å². The molecule has 1 aromatic carbocycles. The van der Waals surface area contributed by atoms with E-state index in [1.54, 1.807) is 18.2 Å². The standard InChI is InChI=1S/C12H15F2NO/c1-12(13,14)10-8-9(4-3-7-15)5-6-11(10)16-2/h3-6,8H,7,15H2,1-2H3/b4-3+. The van der Waals surface area contributed by atoms with Gasteiger partial charge in [-0.1, -0.05) is 18.2 Å². The molecule has 16 heavy (non-hydrogen) atoms. The van der Waals surface area contributed by atoms with Gasteiger partial charge in [0.1, 0.15) is 5.75 Å². The van der Waals surface area contributed by atoms with Crippen molar-refractivity contribution in [2.45, 2.75) is 12.8 Å². The molecule has 0 saturated carbocycles. The predicted octanol–water partition coefficient (Wildman–Crippen LogP) is 2.78. The van der Waals surface area contributed by atoms with Gasteiger partial charge < -0.3 is 10.5 Å². The Morgan fingerprint density at radius 1 is 1.44 bits per heavy atom. The highest BCUT2D eigenvalue weighted by molar-refractivity contribution is 5.54. The number of ether oxygens (including phenoxy) is 1. The average molecular weight is 227 g/mol. The van der Waals surface area contributed by atoms with Gasteiger partial charge >= 0.3 is 0 Å². The van der Waals surface area contributed by atoms with Gasteiger partial charge in [0.2, 0.25) is 0 Å². The zero-order valence-electron chi connectivity index (χ0n) is 9.34. The van der Waals surface area contributed by atoms with E-state index in [1.165, 1.54) is 19.2 Å². The number of benzene rings is 1. The van der Waals surface area contributed by atoms with Crippen molar-refractivity contribution in [3.8, 4) is 5.75 Å². The lowest BCUT2D eigenvalue weighted by Gasteiger charge is -2.15. The van der Waals surface area contributed by atoms with E-state index in [9.17, 15) is 8.78 Å². The molecule has 0 heterocycles. The lowest BCUT2D eigenvalue weighted by Crippen LogP contribution is -2.09. The summed E-state index contributed by atoms with van der Waals surface area (Å²) in [5.74, 6) is -2.73. The molecule has 2 nitrogen and oxygen atoms in total. The third-order valence-corrected chi connectivity index (χ3v) is 2.14. The molecule has 0 bridgehead atoms. The molecular formula is C12H15F2NO. The van der Waals surface area contributed by atoms with Crippen molar-refractivity contribution in [1.29, 1.82) is 0 Å². The summed E-state index contributed by atoms with van der Waals surface area (Å²) in [4.78, 5) is 0. The van der Waals surface area contributed by atoms with E-state index in [0.29, 0.717) is 12.1 Å². The fourth-order valence-corrected chi connectivity index (χ4v) is 1.38. The second kappa shape index (κ2) is 5.07. The van der Waals surface area contributed by atoms with Crippen LogP contribution in [0.1, 0.15) is 18.1 Å². The summed E-state index contributed by atoms with van der Waals surface area (Å²) >= 11 is 0. The summed E-state index contributed by atoms with van der Waals surface area (Å²) in [6.07, 6.45) is 3.41. The Morgan fingerprint density at radius 2 is 2.12 bits per heavy atom. The summed E-state index contributed by atoms with van der Waals surface area (Å²) in [5, 5.41) is 0. The van der Waals surface area contributed by atoms with Crippen molar-refractivity contribution >= 4 is 6.08 Å². The van der Waals surface area contributed by atoms with Gasteiger partial charge in [-0.05, 0) is 17.7 Å². The van der Waals surface area contributed by atoms with Crippen molar-refractivity contribution < 1.29 is 13.5 Å². The van der Waals surface area contributed by atoms with Crippen LogP contribution in [0.15, 0.2) is 24.3 Å². The Bertz CT molecular complexity index is 383. The third-order valence-electron chi connectivity index (χ3n) is 2.14. The molecule has 0 aliphatic carbocycles. The molecule has 2 N–H and O–H groups in total. The minimum Gasteiger partial charge on any atom is -0.496 e. The number of hydrogen-bond donors (Lipinski definition) is 1. The molecule has 0 unspecified atom stereocenters. The fourth-order valence-electron chi connectivity index (χ4n) is 1.38. The number of hydrogen-bond acceptors (Lipinski definition) is 2. The Balaban J connectivity index is 3.16. The molecule has 0 atom stereocenters. The van der Waals surface area contributed by atoms with Crippen molar-refractivity contribution in [2.75, 3.05) is 13.7 Å². The first kappa shape index (κ1) is 12.6. The number of alkyl halides is 2. The van der Waals surface area contributed by atoms with Crippen LogP contribution in [0.3, 0.4) is 0 Å². The van der Waals surface area contributed by atoms with Crippen LogP contribution in [-0.2, 0) is 5.92 Å². The molecular weight excluding hydrogens is 212 g/mol. The van der Waals surface area contributed by atoms with Crippen molar-refractivity contribution in [3.63, 3.8) is 0 Å². The highest BCUT2D eigenvalue weighted by Crippen LogP contribution is 2.35. The highest BCUT2D eigenvalue weighted by Gasteiger charge is 2.28. The monoisotopic (exact) mass is 227 g/mol. The van der Waals surface area contributed by atoms with Crippen molar-refractivity contribution in [1.82, 2.24) is 0 Å². The molecule has 0 amide bonds. The molecule has 0 aromatic heterocycles. The number of methoxy groups -OCH3 is 1. The predicted molar refractivity (Wildman–Crippen MR) is 60.7 cm³/mol. The lowest BCUT2D eigenvalue weighted by molar-refractivity contribution is 0.0150. The van der Waals surface area contributed by atoms with Crippen LogP contribution in [0.4, 0.5) is 8.78 Å². The second-order valence-electron chi connectivity index (χ2n) is 3.49. The topological polar surface area (TPSA) is 35.2 Å². The smallest absolute Gasteiger partial charge is 0.274 e. The van der Waals surface area contributed by atoms with E-state index in [0.717, 1.165) is 6.92 Å². The summed E-state index contributed by atoms with van der Waals surface area (Å²) in [7, 11) is 1.37. The first-order chi connectivity index (χ1) is 7.49. The first-order valence-electron chi connectivity index (χ1n) is 4.92. The van der Waals surface area contributed by atoms with Gasteiger partial charge in [-0.2, -0.15) is 0 Å². The largest absolute Gasteiger partial charge is 0.496 e. The van der Waals surface area contributed by atoms with Crippen LogP contribution in [0.25, 0.3) is 6.08 Å². The quantitative estimate of drug-likeness (QED) is 0.858. The van der Waals surface area contributed by atoms with E-state index < -0.39 is 5.92 Å². The molecule has 0 aliphatic rings. The maximum atomic E-state index is 13.3. The molecule has 0 radical (unpaired) electrons. The number of nitrogens with two attached hydrogens (primary N) is 1. The highest BCUT2D eigenvalue weighted by atomic mass is 19.3. The Kier molecular flexibility index (Phi) is 4.01. The summed E-state index contributed by atoms with van der Waals surface area (Å²) in [6.45, 7) is 1.23. The van der Waals surface area contributed by atoms with Gasteiger partial charge in [0, 0.05) is 13.5 Å². The summed E-state index contributed by atoms with van der Waals surface area (Å²) < 4.78 is 31.5. The van der Waals surface area contributed by atoms with E-state index in [-0.39, 0.29) is 11.3 Å². The summed E-state index contributed by atoms with van der Waals surface area (Å²) in [5.41, 5.74) is 5.86. The zero-order chi connectivity index (χ0) is 12.2. The van der Waals surface area contributed by atoms with E-state index in [2.05, 4.69) is 0 Å². The molecule has 0 fully saturated rings. The normalized spacial score (nSPS) is 12.1. The Hall–Kier alpha value is -1.42. The van der Waals surface area contributed by atoms with E-state index in [4.69, 9.17) is 10.5 Å². The first-order valence-corrected chi connectivity index (χ1v) is 4.92. The number of halogens is 2. The minimum atomic E-state index is -2.92. The molecule has 1 aromatic rings. The molecule has 1 rings (SSSR count). The van der Waals surface area contributed by atoms with Crippen LogP contribution < -0.4 is 10.5 Å². The third kappa shape index (κ3) is 3.03. The molecule has 88 valence electrons. The zero-order valence-corrected chi connectivity index (χ0v) is 9.34. The van der Waals surface area contributed by atoms with Gasteiger partial charge in [0.05, 0.1) is 12.7 Å². The van der Waals surface area contributed by atoms with Crippen molar-refractivity contribution in [3.05, 3.63) is 35.4 Å². The van der Waals surface area contributed by atoms with Crippen LogP contribution in [0, 0.1) is 0 Å². The SMILES string of the molecule is COc1ccc(/C=C/CN)cc1C(C)(F)F. The molecule has 0 aliphatic heterocycles. The fraction of sp³-hybridized carbons (Fsp3) is 0.333. The lowest BCUT2D eigenvalue weighted by atomic mass is 10.0.